The van der Waals surface area contributed by atoms with Gasteiger partial charge in [0.15, 0.2) is 0 Å². The molecule has 0 aromatic heterocycles. The zero-order chi connectivity index (χ0) is 13.8. The maximum absolute atomic E-state index is 12.1. The van der Waals surface area contributed by atoms with Gasteiger partial charge in [-0.2, -0.15) is 0 Å². The van der Waals surface area contributed by atoms with Crippen LogP contribution in [-0.4, -0.2) is 42.6 Å². The van der Waals surface area contributed by atoms with Crippen LogP contribution in [0.4, 0.5) is 0 Å². The van der Waals surface area contributed by atoms with Crippen molar-refractivity contribution in [3.8, 4) is 0 Å². The summed E-state index contributed by atoms with van der Waals surface area (Å²) in [6, 6.07) is 0.454. The highest BCUT2D eigenvalue weighted by Gasteiger charge is 2.40. The van der Waals surface area contributed by atoms with Crippen molar-refractivity contribution >= 4 is 5.97 Å². The lowest BCUT2D eigenvalue weighted by molar-refractivity contribution is -0.150. The monoisotopic (exact) mass is 268 g/mol. The highest BCUT2D eigenvalue weighted by molar-refractivity contribution is 5.76. The molecule has 2 rings (SSSR count). The lowest BCUT2D eigenvalue weighted by atomic mass is 9.78. The molecule has 2 aliphatic rings. The zero-order valence-corrected chi connectivity index (χ0v) is 12.3. The summed E-state index contributed by atoms with van der Waals surface area (Å²) in [6.07, 6.45) is 5.70. The van der Waals surface area contributed by atoms with Crippen molar-refractivity contribution in [2.75, 3.05) is 19.7 Å². The Kier molecular flexibility index (Phi) is 5.22. The Labute approximate surface area is 116 Å². The van der Waals surface area contributed by atoms with Crippen LogP contribution in [-0.2, 0) is 9.53 Å². The predicted octanol–water partition coefficient (Wildman–Crippen LogP) is 1.78. The average Bonchev–Trinajstić information content (AvgIpc) is 2.88. The Bertz CT molecular complexity index is 309. The third-order valence-corrected chi connectivity index (χ3v) is 4.80. The van der Waals surface area contributed by atoms with Gasteiger partial charge in [0.05, 0.1) is 6.61 Å². The van der Waals surface area contributed by atoms with Crippen LogP contribution in [0, 0.1) is 11.8 Å². The molecule has 2 N–H and O–H groups in total. The number of carbonyl (C=O) groups excluding carboxylic acids is 1. The first-order valence-electron chi connectivity index (χ1n) is 7.79. The minimum absolute atomic E-state index is 0.0238. The second kappa shape index (κ2) is 6.71. The van der Waals surface area contributed by atoms with Gasteiger partial charge in [0, 0.05) is 6.04 Å². The predicted molar refractivity (Wildman–Crippen MR) is 75.7 cm³/mol. The summed E-state index contributed by atoms with van der Waals surface area (Å²) >= 11 is 0. The smallest absolute Gasteiger partial charge is 0.323 e. The van der Waals surface area contributed by atoms with Gasteiger partial charge in [0.1, 0.15) is 6.04 Å². The van der Waals surface area contributed by atoms with Gasteiger partial charge in [-0.25, -0.2) is 0 Å². The lowest BCUT2D eigenvalue weighted by Crippen LogP contribution is -2.51. The number of hydrogen-bond donors (Lipinski definition) is 1. The molecule has 4 unspecified atom stereocenters. The van der Waals surface area contributed by atoms with E-state index in [9.17, 15) is 4.79 Å². The molecule has 0 aromatic rings. The fraction of sp³-hybridized carbons (Fsp3) is 0.933. The Morgan fingerprint density at radius 3 is 2.84 bits per heavy atom. The third-order valence-electron chi connectivity index (χ3n) is 4.80. The molecule has 110 valence electrons. The fourth-order valence-corrected chi connectivity index (χ4v) is 3.77. The summed E-state index contributed by atoms with van der Waals surface area (Å²) in [5, 5.41) is 0. The van der Waals surface area contributed by atoms with Crippen LogP contribution in [0.2, 0.25) is 0 Å². The van der Waals surface area contributed by atoms with E-state index in [1.54, 1.807) is 0 Å². The van der Waals surface area contributed by atoms with Gasteiger partial charge in [-0.05, 0) is 57.5 Å². The molecule has 1 aliphatic heterocycles. The number of nitrogens with two attached hydrogens (primary N) is 1. The summed E-state index contributed by atoms with van der Waals surface area (Å²) in [5.41, 5.74) is 5.94. The molecule has 4 nitrogen and oxygen atoms in total. The number of likely N-dealkylation sites (tertiary alicyclic amines) is 1. The van der Waals surface area contributed by atoms with Crippen molar-refractivity contribution in [3.63, 3.8) is 0 Å². The van der Waals surface area contributed by atoms with E-state index >= 15 is 0 Å². The second-order valence-electron chi connectivity index (χ2n) is 6.13. The van der Waals surface area contributed by atoms with Crippen molar-refractivity contribution < 1.29 is 9.53 Å². The molecule has 0 bridgehead atoms. The van der Waals surface area contributed by atoms with E-state index < -0.39 is 0 Å². The molecule has 2 fully saturated rings. The standard InChI is InChI=1S/C15H28N2O2/c1-3-19-15(18)13-5-4-8-17(13)14-9-11(2)6-7-12(14)10-16/h11-14H,3-10,16H2,1-2H3. The SMILES string of the molecule is CCOC(=O)C1CCCN1C1CC(C)CCC1CN. The maximum atomic E-state index is 12.1. The largest absolute Gasteiger partial charge is 0.465 e. The van der Waals surface area contributed by atoms with Crippen LogP contribution in [0.25, 0.3) is 0 Å². The van der Waals surface area contributed by atoms with Crippen molar-refractivity contribution in [1.29, 1.82) is 0 Å². The molecule has 0 amide bonds. The number of rotatable bonds is 4. The summed E-state index contributed by atoms with van der Waals surface area (Å²) in [5.74, 6) is 1.26. The molecule has 1 saturated carbocycles. The van der Waals surface area contributed by atoms with Crippen LogP contribution >= 0.6 is 0 Å². The first-order valence-corrected chi connectivity index (χ1v) is 7.79. The fourth-order valence-electron chi connectivity index (χ4n) is 3.77. The molecule has 4 heteroatoms. The number of carbonyl (C=O) groups is 1. The number of ether oxygens (including phenoxy) is 1. The minimum atomic E-state index is -0.0333. The number of esters is 1. The molecule has 1 saturated heterocycles. The molecule has 1 aliphatic carbocycles. The van der Waals surface area contributed by atoms with Gasteiger partial charge in [-0.3, -0.25) is 9.69 Å². The summed E-state index contributed by atoms with van der Waals surface area (Å²) < 4.78 is 5.23. The minimum Gasteiger partial charge on any atom is -0.465 e. The molecular formula is C15H28N2O2. The average molecular weight is 268 g/mol. The van der Waals surface area contributed by atoms with Gasteiger partial charge < -0.3 is 10.5 Å². The molecule has 19 heavy (non-hydrogen) atoms. The van der Waals surface area contributed by atoms with Crippen molar-refractivity contribution in [3.05, 3.63) is 0 Å². The van der Waals surface area contributed by atoms with E-state index in [1.165, 1.54) is 19.3 Å². The molecule has 0 aromatic carbocycles. The number of nitrogens with zero attached hydrogens (tertiary/aromatic N) is 1. The molecule has 1 heterocycles. The lowest BCUT2D eigenvalue weighted by Gasteiger charge is -2.42. The van der Waals surface area contributed by atoms with Gasteiger partial charge in [-0.15, -0.1) is 0 Å². The van der Waals surface area contributed by atoms with Gasteiger partial charge in [0.2, 0.25) is 0 Å². The van der Waals surface area contributed by atoms with E-state index in [-0.39, 0.29) is 12.0 Å². The van der Waals surface area contributed by atoms with Gasteiger partial charge in [-0.1, -0.05) is 13.3 Å². The highest BCUT2D eigenvalue weighted by Crippen LogP contribution is 2.35. The zero-order valence-electron chi connectivity index (χ0n) is 12.3. The summed E-state index contributed by atoms with van der Waals surface area (Å²) in [7, 11) is 0. The first kappa shape index (κ1) is 14.8. The van der Waals surface area contributed by atoms with Gasteiger partial charge in [0.25, 0.3) is 0 Å². The highest BCUT2D eigenvalue weighted by atomic mass is 16.5. The van der Waals surface area contributed by atoms with Crippen molar-refractivity contribution in [2.45, 2.75) is 58.0 Å². The normalized spacial score (nSPS) is 36.4. The Morgan fingerprint density at radius 1 is 1.37 bits per heavy atom. The van der Waals surface area contributed by atoms with Crippen LogP contribution in [0.15, 0.2) is 0 Å². The number of hydrogen-bond acceptors (Lipinski definition) is 4. The quantitative estimate of drug-likeness (QED) is 0.790. The Morgan fingerprint density at radius 2 is 2.16 bits per heavy atom. The van der Waals surface area contributed by atoms with E-state index in [0.717, 1.165) is 31.8 Å². The van der Waals surface area contributed by atoms with E-state index in [4.69, 9.17) is 10.5 Å². The maximum Gasteiger partial charge on any atom is 0.323 e. The molecule has 0 spiro atoms. The van der Waals surface area contributed by atoms with Crippen LogP contribution < -0.4 is 5.73 Å². The van der Waals surface area contributed by atoms with Crippen LogP contribution in [0.1, 0.15) is 46.0 Å². The van der Waals surface area contributed by atoms with Gasteiger partial charge >= 0.3 is 5.97 Å². The summed E-state index contributed by atoms with van der Waals surface area (Å²) in [4.78, 5) is 14.5. The van der Waals surface area contributed by atoms with Crippen LogP contribution in [0.3, 0.4) is 0 Å². The molecule has 0 radical (unpaired) electrons. The van der Waals surface area contributed by atoms with Crippen molar-refractivity contribution in [1.82, 2.24) is 4.90 Å². The second-order valence-corrected chi connectivity index (χ2v) is 6.13. The molecular weight excluding hydrogens is 240 g/mol. The van der Waals surface area contributed by atoms with E-state index in [1.807, 2.05) is 6.92 Å². The molecule has 4 atom stereocenters. The Balaban J connectivity index is 2.06. The Hall–Kier alpha value is -0.610. The van der Waals surface area contributed by atoms with Crippen molar-refractivity contribution in [2.24, 2.45) is 17.6 Å². The van der Waals surface area contributed by atoms with Crippen LogP contribution in [0.5, 0.6) is 0 Å². The van der Waals surface area contributed by atoms with E-state index in [0.29, 0.717) is 18.6 Å². The summed E-state index contributed by atoms with van der Waals surface area (Å²) in [6.45, 7) is 6.43. The topological polar surface area (TPSA) is 55.6 Å². The third kappa shape index (κ3) is 3.29. The first-order chi connectivity index (χ1) is 9.17. The van der Waals surface area contributed by atoms with E-state index in [2.05, 4.69) is 11.8 Å².